The van der Waals surface area contributed by atoms with Crippen molar-refractivity contribution in [3.8, 4) is 17.4 Å². The van der Waals surface area contributed by atoms with Crippen LogP contribution in [0.25, 0.3) is 0 Å². The second kappa shape index (κ2) is 10.7. The largest absolute Gasteiger partial charge is 0.494 e. The van der Waals surface area contributed by atoms with Gasteiger partial charge in [0.2, 0.25) is 5.88 Å². The van der Waals surface area contributed by atoms with Gasteiger partial charge >= 0.3 is 0 Å². The number of amides is 1. The van der Waals surface area contributed by atoms with Gasteiger partial charge < -0.3 is 14.8 Å². The lowest BCUT2D eigenvalue weighted by molar-refractivity contribution is 0.0948. The summed E-state index contributed by atoms with van der Waals surface area (Å²) in [5.74, 6) is 1.85. The molecule has 0 aliphatic carbocycles. The third-order valence-electron chi connectivity index (χ3n) is 4.10. The molecule has 1 aromatic heterocycles. The lowest BCUT2D eigenvalue weighted by Gasteiger charge is -2.12. The summed E-state index contributed by atoms with van der Waals surface area (Å²) in [6.45, 7) is 7.18. The Bertz CT molecular complexity index is 974. The average Bonchev–Trinajstić information content (AvgIpc) is 2.74. The molecular formula is C24H26N2O3S. The topological polar surface area (TPSA) is 60.5 Å². The van der Waals surface area contributed by atoms with Gasteiger partial charge in [0.15, 0.2) is 0 Å². The number of nitrogens with zero attached hydrogens (tertiary/aromatic N) is 1. The van der Waals surface area contributed by atoms with Crippen molar-refractivity contribution in [2.45, 2.75) is 37.5 Å². The number of nitrogens with one attached hydrogen (secondary N) is 1. The Labute approximate surface area is 181 Å². The summed E-state index contributed by atoms with van der Waals surface area (Å²) in [6.07, 6.45) is 1.67. The molecule has 1 heterocycles. The fraction of sp³-hybridized carbons (Fsp3) is 0.250. The number of hydrogen-bond acceptors (Lipinski definition) is 5. The summed E-state index contributed by atoms with van der Waals surface area (Å²) in [5.41, 5.74) is 1.60. The van der Waals surface area contributed by atoms with Gasteiger partial charge in [-0.15, -0.1) is 11.8 Å². The third kappa shape index (κ3) is 6.26. The molecule has 1 amide bonds. The van der Waals surface area contributed by atoms with E-state index in [-0.39, 0.29) is 5.91 Å². The number of carbonyl (C=O) groups is 1. The van der Waals surface area contributed by atoms with Crippen LogP contribution >= 0.6 is 11.8 Å². The monoisotopic (exact) mass is 422 g/mol. The SMILES string of the molecule is CCOc1ccc(Oc2cc(CNC(=O)c3ccccc3SC(C)C)ccn2)cc1. The van der Waals surface area contributed by atoms with Crippen LogP contribution in [0.15, 0.2) is 71.8 Å². The first kappa shape index (κ1) is 21.7. The van der Waals surface area contributed by atoms with E-state index in [9.17, 15) is 4.79 Å². The molecule has 5 nitrogen and oxygen atoms in total. The lowest BCUT2D eigenvalue weighted by Crippen LogP contribution is -2.23. The Hall–Kier alpha value is -2.99. The smallest absolute Gasteiger partial charge is 0.252 e. The molecule has 156 valence electrons. The van der Waals surface area contributed by atoms with Gasteiger partial charge in [-0.25, -0.2) is 4.98 Å². The highest BCUT2D eigenvalue weighted by atomic mass is 32.2. The van der Waals surface area contributed by atoms with Gasteiger partial charge in [0, 0.05) is 29.0 Å². The first-order chi connectivity index (χ1) is 14.5. The summed E-state index contributed by atoms with van der Waals surface area (Å²) in [5, 5.41) is 3.39. The number of hydrogen-bond donors (Lipinski definition) is 1. The van der Waals surface area contributed by atoms with E-state index in [4.69, 9.17) is 9.47 Å². The van der Waals surface area contributed by atoms with Gasteiger partial charge in [-0.3, -0.25) is 4.79 Å². The Morgan fingerprint density at radius 2 is 1.80 bits per heavy atom. The Morgan fingerprint density at radius 1 is 1.07 bits per heavy atom. The molecular weight excluding hydrogens is 396 g/mol. The predicted octanol–water partition coefficient (Wildman–Crippen LogP) is 5.70. The maximum absolute atomic E-state index is 12.7. The molecule has 0 aliphatic heterocycles. The van der Waals surface area contributed by atoms with E-state index in [0.29, 0.717) is 35.6 Å². The van der Waals surface area contributed by atoms with Crippen LogP contribution in [0.3, 0.4) is 0 Å². The van der Waals surface area contributed by atoms with E-state index < -0.39 is 0 Å². The zero-order valence-corrected chi connectivity index (χ0v) is 18.2. The van der Waals surface area contributed by atoms with Crippen molar-refractivity contribution in [3.05, 3.63) is 78.0 Å². The molecule has 3 aromatic rings. The van der Waals surface area contributed by atoms with Crippen LogP contribution in [0.5, 0.6) is 17.4 Å². The zero-order valence-electron chi connectivity index (χ0n) is 17.4. The minimum atomic E-state index is -0.0930. The van der Waals surface area contributed by atoms with Gasteiger partial charge in [0.25, 0.3) is 5.91 Å². The molecule has 2 aromatic carbocycles. The second-order valence-corrected chi connectivity index (χ2v) is 8.47. The number of thioether (sulfide) groups is 1. The van der Waals surface area contributed by atoms with Crippen LogP contribution in [-0.2, 0) is 6.54 Å². The van der Waals surface area contributed by atoms with Gasteiger partial charge in [-0.05, 0) is 55.0 Å². The highest BCUT2D eigenvalue weighted by Crippen LogP contribution is 2.27. The van der Waals surface area contributed by atoms with E-state index in [0.717, 1.165) is 16.2 Å². The predicted molar refractivity (Wildman–Crippen MR) is 121 cm³/mol. The fourth-order valence-electron chi connectivity index (χ4n) is 2.80. The number of rotatable bonds is 9. The first-order valence-corrected chi connectivity index (χ1v) is 10.8. The molecule has 3 rings (SSSR count). The molecule has 0 radical (unpaired) electrons. The molecule has 0 bridgehead atoms. The normalized spacial score (nSPS) is 10.7. The highest BCUT2D eigenvalue weighted by Gasteiger charge is 2.12. The van der Waals surface area contributed by atoms with Crippen molar-refractivity contribution in [2.75, 3.05) is 6.61 Å². The van der Waals surface area contributed by atoms with Crippen LogP contribution < -0.4 is 14.8 Å². The first-order valence-electron chi connectivity index (χ1n) is 9.94. The Balaban J connectivity index is 1.62. The third-order valence-corrected chi connectivity index (χ3v) is 5.19. The van der Waals surface area contributed by atoms with Crippen molar-refractivity contribution in [3.63, 3.8) is 0 Å². The van der Waals surface area contributed by atoms with Crippen LogP contribution in [0.2, 0.25) is 0 Å². The fourth-order valence-corrected chi connectivity index (χ4v) is 3.75. The maximum atomic E-state index is 12.7. The van der Waals surface area contributed by atoms with Gasteiger partial charge in [-0.1, -0.05) is 26.0 Å². The molecule has 0 aliphatic rings. The van der Waals surface area contributed by atoms with E-state index in [2.05, 4.69) is 24.1 Å². The minimum absolute atomic E-state index is 0.0930. The van der Waals surface area contributed by atoms with Crippen LogP contribution in [0.1, 0.15) is 36.7 Å². The number of benzene rings is 2. The standard InChI is InChI=1S/C24H26N2O3S/c1-4-28-19-9-11-20(12-10-19)29-23-15-18(13-14-25-23)16-26-24(27)21-7-5-6-8-22(21)30-17(2)3/h5-15,17H,4,16H2,1-3H3,(H,26,27). The number of ether oxygens (including phenoxy) is 2. The van der Waals surface area contributed by atoms with Crippen molar-refractivity contribution >= 4 is 17.7 Å². The maximum Gasteiger partial charge on any atom is 0.252 e. The van der Waals surface area contributed by atoms with Gasteiger partial charge in [0.05, 0.1) is 12.2 Å². The van der Waals surface area contributed by atoms with E-state index >= 15 is 0 Å². The molecule has 6 heteroatoms. The van der Waals surface area contributed by atoms with Crippen molar-refractivity contribution < 1.29 is 14.3 Å². The van der Waals surface area contributed by atoms with E-state index in [1.807, 2.05) is 67.6 Å². The molecule has 30 heavy (non-hydrogen) atoms. The quantitative estimate of drug-likeness (QED) is 0.448. The van der Waals surface area contributed by atoms with Crippen molar-refractivity contribution in [2.24, 2.45) is 0 Å². The molecule has 0 saturated heterocycles. The van der Waals surface area contributed by atoms with Crippen LogP contribution in [0, 0.1) is 0 Å². The summed E-state index contributed by atoms with van der Waals surface area (Å²) in [4.78, 5) is 17.9. The molecule has 0 atom stereocenters. The van der Waals surface area contributed by atoms with Crippen LogP contribution in [-0.4, -0.2) is 22.7 Å². The lowest BCUT2D eigenvalue weighted by atomic mass is 10.2. The summed E-state index contributed by atoms with van der Waals surface area (Å²) >= 11 is 1.68. The number of aromatic nitrogens is 1. The molecule has 0 unspecified atom stereocenters. The van der Waals surface area contributed by atoms with E-state index in [1.165, 1.54) is 0 Å². The summed E-state index contributed by atoms with van der Waals surface area (Å²) in [7, 11) is 0. The summed E-state index contributed by atoms with van der Waals surface area (Å²) < 4.78 is 11.3. The average molecular weight is 423 g/mol. The zero-order chi connectivity index (χ0) is 21.3. The van der Waals surface area contributed by atoms with Crippen LogP contribution in [0.4, 0.5) is 0 Å². The van der Waals surface area contributed by atoms with Gasteiger partial charge in [-0.2, -0.15) is 0 Å². The minimum Gasteiger partial charge on any atom is -0.494 e. The van der Waals surface area contributed by atoms with Crippen molar-refractivity contribution in [1.82, 2.24) is 10.3 Å². The second-order valence-electron chi connectivity index (χ2n) is 6.85. The highest BCUT2D eigenvalue weighted by molar-refractivity contribution is 8.00. The molecule has 0 saturated carbocycles. The molecule has 0 fully saturated rings. The Kier molecular flexibility index (Phi) is 7.74. The molecule has 1 N–H and O–H groups in total. The van der Waals surface area contributed by atoms with E-state index in [1.54, 1.807) is 18.0 Å². The summed E-state index contributed by atoms with van der Waals surface area (Å²) in [6, 6.07) is 18.7. The number of carbonyl (C=O) groups excluding carboxylic acids is 1. The number of pyridine rings is 1. The van der Waals surface area contributed by atoms with Crippen molar-refractivity contribution in [1.29, 1.82) is 0 Å². The Morgan fingerprint density at radius 3 is 2.53 bits per heavy atom. The van der Waals surface area contributed by atoms with Gasteiger partial charge in [0.1, 0.15) is 11.5 Å². The molecule has 0 spiro atoms.